The quantitative estimate of drug-likeness (QED) is 0.473. The highest BCUT2D eigenvalue weighted by Gasteiger charge is 2.70. The van der Waals surface area contributed by atoms with Crippen LogP contribution in [0.15, 0.2) is 34.1 Å². The Hall–Kier alpha value is -3.16. The molecule has 41 heavy (non-hydrogen) atoms. The fraction of sp³-hybridized carbons (Fsp3) is 0.536. The molecule has 2 N–H and O–H groups in total. The van der Waals surface area contributed by atoms with Gasteiger partial charge in [0.15, 0.2) is 6.61 Å². The van der Waals surface area contributed by atoms with Crippen molar-refractivity contribution in [1.82, 2.24) is 14.8 Å². The summed E-state index contributed by atoms with van der Waals surface area (Å²) in [6, 6.07) is 6.29. The molecule has 1 aromatic carbocycles. The molecule has 2 saturated carbocycles. The Morgan fingerprint density at radius 3 is 2.56 bits per heavy atom. The number of aromatic nitrogens is 1. The molecule has 4 fully saturated rings. The number of para-hydroxylation sites is 1. The number of carbonyl (C=O) groups excluding carboxylic acids is 3. The predicted molar refractivity (Wildman–Crippen MR) is 147 cm³/mol. The predicted octanol–water partition coefficient (Wildman–Crippen LogP) is 1.62. The molecule has 2 saturated heterocycles. The highest BCUT2D eigenvalue weighted by Crippen LogP contribution is 2.69. The number of thiazole rings is 1. The number of imide groups is 1. The van der Waals surface area contributed by atoms with Crippen molar-refractivity contribution in [3.8, 4) is 5.75 Å². The number of thioether (sulfide) groups is 1. The molecule has 1 aromatic heterocycles. The standard InChI is InChI=1S/C28H29N3O8S2/c1-12(27(35)36)31-25(33)20-14-10-15(21(20)26(31)34)22-19(14)18(23-24(40-22)29-28(37)41-23)13-4-2-3-5-16(13)39-11-17(32)30-6-8-38-9-7-30/h2-5,12,14-15,18-22H,6-11H2,1H3,(H,29,37)(H,35,36)/t12?,14?,15?,18-,19?,20?,21?,22?/m1/s1. The van der Waals surface area contributed by atoms with Crippen LogP contribution < -0.4 is 9.61 Å². The molecule has 2 aromatic rings. The smallest absolute Gasteiger partial charge is 0.326 e. The van der Waals surface area contributed by atoms with E-state index in [1.54, 1.807) is 16.7 Å². The minimum absolute atomic E-state index is 0.0381. The zero-order chi connectivity index (χ0) is 28.6. The number of aromatic amines is 1. The largest absolute Gasteiger partial charge is 0.483 e. The third-order valence-corrected chi connectivity index (χ3v) is 12.1. The molecule has 4 heterocycles. The highest BCUT2D eigenvalue weighted by atomic mass is 32.2. The van der Waals surface area contributed by atoms with Crippen LogP contribution in [0.1, 0.15) is 29.7 Å². The van der Waals surface area contributed by atoms with Gasteiger partial charge in [-0.05, 0) is 37.2 Å². The molecule has 5 aliphatic rings. The van der Waals surface area contributed by atoms with Crippen molar-refractivity contribution >= 4 is 46.8 Å². The first-order chi connectivity index (χ1) is 19.8. The summed E-state index contributed by atoms with van der Waals surface area (Å²) in [6.07, 6.45) is 0.693. The molecule has 7 unspecified atom stereocenters. The zero-order valence-electron chi connectivity index (χ0n) is 22.2. The van der Waals surface area contributed by atoms with Gasteiger partial charge in [0.05, 0.1) is 30.1 Å². The number of H-pyrrole nitrogens is 1. The molecule has 8 atom stereocenters. The van der Waals surface area contributed by atoms with Crippen LogP contribution in [0, 0.1) is 29.6 Å². The number of fused-ring (bicyclic) bond motifs is 9. The van der Waals surface area contributed by atoms with Gasteiger partial charge in [-0.1, -0.05) is 29.5 Å². The first-order valence-electron chi connectivity index (χ1n) is 13.8. The number of ether oxygens (including phenoxy) is 2. The van der Waals surface area contributed by atoms with E-state index in [0.717, 1.165) is 31.7 Å². The number of morpholine rings is 1. The number of hydrogen-bond donors (Lipinski definition) is 2. The summed E-state index contributed by atoms with van der Waals surface area (Å²) in [5.74, 6) is -3.32. The van der Waals surface area contributed by atoms with E-state index in [1.165, 1.54) is 6.92 Å². The Morgan fingerprint density at radius 2 is 1.83 bits per heavy atom. The molecule has 2 aliphatic carbocycles. The van der Waals surface area contributed by atoms with Gasteiger partial charge in [-0.25, -0.2) is 4.79 Å². The Bertz CT molecular complexity index is 1500. The van der Waals surface area contributed by atoms with Crippen LogP contribution in [0.3, 0.4) is 0 Å². The van der Waals surface area contributed by atoms with E-state index in [4.69, 9.17) is 9.47 Å². The first kappa shape index (κ1) is 26.7. The van der Waals surface area contributed by atoms with Crippen LogP contribution in [0.25, 0.3) is 0 Å². The third kappa shape index (κ3) is 4.07. The number of aliphatic carboxylic acids is 1. The molecule has 7 rings (SSSR count). The number of carboxylic acid groups (broad SMARTS) is 1. The molecule has 0 spiro atoms. The number of carbonyl (C=O) groups is 4. The van der Waals surface area contributed by atoms with E-state index >= 15 is 0 Å². The zero-order valence-corrected chi connectivity index (χ0v) is 23.8. The SMILES string of the molecule is CC(C(=O)O)N1C(=O)C2C3CC(C2C1=O)C1C3Sc2[nH]c(=O)sc2[C@@H]1c1ccccc1OCC(=O)N1CCOCC1. The lowest BCUT2D eigenvalue weighted by atomic mass is 9.68. The number of nitrogens with zero attached hydrogens (tertiary/aromatic N) is 2. The first-order valence-corrected chi connectivity index (χ1v) is 15.5. The fourth-order valence-corrected chi connectivity index (χ4v) is 10.7. The number of hydrogen-bond acceptors (Lipinski definition) is 9. The maximum Gasteiger partial charge on any atom is 0.326 e. The van der Waals surface area contributed by atoms with Crippen molar-refractivity contribution in [2.24, 2.45) is 29.6 Å². The lowest BCUT2D eigenvalue weighted by Gasteiger charge is -2.43. The summed E-state index contributed by atoms with van der Waals surface area (Å²) in [5.41, 5.74) is 0.839. The van der Waals surface area contributed by atoms with E-state index in [9.17, 15) is 29.1 Å². The summed E-state index contributed by atoms with van der Waals surface area (Å²) in [4.78, 5) is 70.6. The minimum Gasteiger partial charge on any atom is -0.483 e. The maximum absolute atomic E-state index is 13.6. The molecule has 11 nitrogen and oxygen atoms in total. The van der Waals surface area contributed by atoms with Crippen LogP contribution in [-0.2, 0) is 23.9 Å². The monoisotopic (exact) mass is 599 g/mol. The molecule has 2 bridgehead atoms. The summed E-state index contributed by atoms with van der Waals surface area (Å²) >= 11 is 2.71. The number of rotatable bonds is 6. The van der Waals surface area contributed by atoms with E-state index in [0.29, 0.717) is 38.5 Å². The maximum atomic E-state index is 13.6. The van der Waals surface area contributed by atoms with Gasteiger partial charge in [-0.3, -0.25) is 24.1 Å². The molecule has 3 amide bonds. The molecular weight excluding hydrogens is 570 g/mol. The van der Waals surface area contributed by atoms with Gasteiger partial charge in [0.1, 0.15) is 11.8 Å². The van der Waals surface area contributed by atoms with Gasteiger partial charge in [0.2, 0.25) is 11.8 Å². The van der Waals surface area contributed by atoms with Crippen LogP contribution in [-0.4, -0.2) is 87.8 Å². The highest BCUT2D eigenvalue weighted by molar-refractivity contribution is 8.00. The van der Waals surface area contributed by atoms with Crippen molar-refractivity contribution in [2.45, 2.75) is 35.6 Å². The van der Waals surface area contributed by atoms with Crippen LogP contribution in [0.5, 0.6) is 5.75 Å². The normalized spacial score (nSPS) is 32.5. The summed E-state index contributed by atoms with van der Waals surface area (Å²) in [5, 5.41) is 10.3. The van der Waals surface area contributed by atoms with E-state index in [1.807, 2.05) is 24.3 Å². The molecule has 0 radical (unpaired) electrons. The van der Waals surface area contributed by atoms with E-state index in [-0.39, 0.29) is 46.3 Å². The van der Waals surface area contributed by atoms with Crippen molar-refractivity contribution in [1.29, 1.82) is 0 Å². The second-order valence-electron chi connectivity index (χ2n) is 11.3. The summed E-state index contributed by atoms with van der Waals surface area (Å²) in [6.45, 7) is 3.27. The van der Waals surface area contributed by atoms with Gasteiger partial charge in [-0.15, -0.1) is 11.8 Å². The van der Waals surface area contributed by atoms with Gasteiger partial charge in [0.25, 0.3) is 5.91 Å². The van der Waals surface area contributed by atoms with Gasteiger partial charge in [-0.2, -0.15) is 0 Å². The topological polar surface area (TPSA) is 146 Å². The molecular formula is C28H29N3O8S2. The van der Waals surface area contributed by atoms with Crippen molar-refractivity contribution in [2.75, 3.05) is 32.9 Å². The minimum atomic E-state index is -1.22. The van der Waals surface area contributed by atoms with Gasteiger partial charge < -0.3 is 24.5 Å². The van der Waals surface area contributed by atoms with Gasteiger partial charge in [0, 0.05) is 34.7 Å². The average molecular weight is 600 g/mol. The summed E-state index contributed by atoms with van der Waals surface area (Å²) < 4.78 is 11.5. The average Bonchev–Trinajstić information content (AvgIpc) is 3.70. The van der Waals surface area contributed by atoms with Crippen LogP contribution >= 0.6 is 23.1 Å². The summed E-state index contributed by atoms with van der Waals surface area (Å²) in [7, 11) is 0. The molecule has 13 heteroatoms. The molecule has 3 aliphatic heterocycles. The second-order valence-corrected chi connectivity index (χ2v) is 13.5. The number of nitrogens with one attached hydrogen (secondary N) is 1. The number of benzene rings is 1. The lowest BCUT2D eigenvalue weighted by Crippen LogP contribution is -2.44. The third-order valence-electron chi connectivity index (χ3n) is 9.47. The number of likely N-dealkylation sites (tertiary alicyclic amines) is 1. The van der Waals surface area contributed by atoms with Crippen LogP contribution in [0.2, 0.25) is 0 Å². The van der Waals surface area contributed by atoms with Crippen molar-refractivity contribution < 1.29 is 33.8 Å². The van der Waals surface area contributed by atoms with Crippen molar-refractivity contribution in [3.05, 3.63) is 44.4 Å². The number of amides is 3. The van der Waals surface area contributed by atoms with Gasteiger partial charge >= 0.3 is 10.8 Å². The molecule has 216 valence electrons. The second kappa shape index (κ2) is 9.99. The van der Waals surface area contributed by atoms with Crippen LogP contribution in [0.4, 0.5) is 0 Å². The Labute approximate surface area is 243 Å². The fourth-order valence-electron chi connectivity index (χ4n) is 7.79. The Kier molecular flexibility index (Phi) is 6.51. The number of carboxylic acids is 1. The Morgan fingerprint density at radius 1 is 1.12 bits per heavy atom. The van der Waals surface area contributed by atoms with Crippen molar-refractivity contribution in [3.63, 3.8) is 0 Å². The Balaban J connectivity index is 1.24. The van der Waals surface area contributed by atoms with E-state index < -0.39 is 35.7 Å². The lowest BCUT2D eigenvalue weighted by molar-refractivity contribution is -0.154. The van der Waals surface area contributed by atoms with E-state index in [2.05, 4.69) is 4.98 Å².